The standard InChI is InChI=1S/C27H28N8O5/c1-32-15-17(13-29-32)25(38)33-9-7-18(8-10-33)34-14-16(12-30-34)11-28-20-4-2-3-19-23(20)27(40)35(26(19)39)21-5-6-22(36)31-24(21)37/h2-4,12-15,18,21,28H,5-11H2,1H3,(H,31,36,37). The Kier molecular flexibility index (Phi) is 6.40. The molecule has 2 aromatic heterocycles. The van der Waals surface area contributed by atoms with Crippen LogP contribution < -0.4 is 10.6 Å². The van der Waals surface area contributed by atoms with Gasteiger partial charge in [0.1, 0.15) is 6.04 Å². The summed E-state index contributed by atoms with van der Waals surface area (Å²) in [5.41, 5.74) is 2.41. The molecule has 5 heterocycles. The Morgan fingerprint density at radius 2 is 1.82 bits per heavy atom. The van der Waals surface area contributed by atoms with Gasteiger partial charge in [0, 0.05) is 56.7 Å². The fraction of sp³-hybridized carbons (Fsp3) is 0.370. The first-order valence-electron chi connectivity index (χ1n) is 13.2. The van der Waals surface area contributed by atoms with E-state index >= 15 is 0 Å². The van der Waals surface area contributed by atoms with Crippen LogP contribution in [0.5, 0.6) is 0 Å². The molecule has 5 amide bonds. The predicted molar refractivity (Wildman–Crippen MR) is 140 cm³/mol. The van der Waals surface area contributed by atoms with Crippen molar-refractivity contribution in [3.8, 4) is 0 Å². The molecule has 40 heavy (non-hydrogen) atoms. The summed E-state index contributed by atoms with van der Waals surface area (Å²) in [7, 11) is 1.78. The van der Waals surface area contributed by atoms with E-state index in [1.54, 1.807) is 48.5 Å². The van der Waals surface area contributed by atoms with E-state index in [1.807, 2.05) is 15.8 Å². The number of nitrogens with one attached hydrogen (secondary N) is 2. The number of benzene rings is 1. The van der Waals surface area contributed by atoms with Crippen molar-refractivity contribution in [2.45, 2.75) is 44.3 Å². The number of hydrogen-bond donors (Lipinski definition) is 2. The zero-order valence-electron chi connectivity index (χ0n) is 21.9. The maximum Gasteiger partial charge on any atom is 0.264 e. The van der Waals surface area contributed by atoms with E-state index in [1.165, 1.54) is 0 Å². The van der Waals surface area contributed by atoms with Crippen LogP contribution in [0.15, 0.2) is 43.0 Å². The number of carbonyl (C=O) groups excluding carboxylic acids is 5. The summed E-state index contributed by atoms with van der Waals surface area (Å²) in [5, 5.41) is 14.1. The SMILES string of the molecule is Cn1cc(C(=O)N2CCC(n3cc(CNc4cccc5c4C(=O)N(C4CCC(=O)NC4=O)C5=O)cn3)CC2)cn1. The molecule has 0 saturated carbocycles. The highest BCUT2D eigenvalue weighted by Crippen LogP contribution is 2.32. The fourth-order valence-electron chi connectivity index (χ4n) is 5.58. The minimum atomic E-state index is -1.01. The van der Waals surface area contributed by atoms with Crippen molar-refractivity contribution < 1.29 is 24.0 Å². The maximum atomic E-state index is 13.3. The molecule has 13 nitrogen and oxygen atoms in total. The van der Waals surface area contributed by atoms with E-state index in [0.29, 0.717) is 30.9 Å². The minimum absolute atomic E-state index is 0.0171. The third kappa shape index (κ3) is 4.52. The molecule has 206 valence electrons. The lowest BCUT2D eigenvalue weighted by Gasteiger charge is -2.31. The number of likely N-dealkylation sites (tertiary alicyclic amines) is 1. The fourth-order valence-corrected chi connectivity index (χ4v) is 5.58. The molecule has 1 atom stereocenters. The minimum Gasteiger partial charge on any atom is -0.380 e. The molecule has 3 aromatic rings. The molecule has 2 N–H and O–H groups in total. The molecule has 3 aliphatic heterocycles. The van der Waals surface area contributed by atoms with Gasteiger partial charge in [0.25, 0.3) is 17.7 Å². The zero-order chi connectivity index (χ0) is 28.0. The van der Waals surface area contributed by atoms with E-state index in [2.05, 4.69) is 20.8 Å². The van der Waals surface area contributed by atoms with Crippen LogP contribution >= 0.6 is 0 Å². The molecule has 0 radical (unpaired) electrons. The Labute approximate surface area is 229 Å². The lowest BCUT2D eigenvalue weighted by Crippen LogP contribution is -2.54. The number of aryl methyl sites for hydroxylation is 1. The summed E-state index contributed by atoms with van der Waals surface area (Å²) in [6.07, 6.45) is 8.74. The first kappa shape index (κ1) is 25.5. The molecule has 6 rings (SSSR count). The highest BCUT2D eigenvalue weighted by molar-refractivity contribution is 6.25. The number of anilines is 1. The maximum absolute atomic E-state index is 13.3. The van der Waals surface area contributed by atoms with Gasteiger partial charge in [0.2, 0.25) is 11.8 Å². The van der Waals surface area contributed by atoms with Crippen LogP contribution in [0.1, 0.15) is 68.4 Å². The Morgan fingerprint density at radius 3 is 2.55 bits per heavy atom. The van der Waals surface area contributed by atoms with Gasteiger partial charge in [-0.3, -0.25) is 43.6 Å². The van der Waals surface area contributed by atoms with Gasteiger partial charge in [-0.15, -0.1) is 0 Å². The van der Waals surface area contributed by atoms with Gasteiger partial charge in [-0.1, -0.05) is 6.07 Å². The second kappa shape index (κ2) is 10.1. The average molecular weight is 545 g/mol. The van der Waals surface area contributed by atoms with Crippen molar-refractivity contribution in [3.63, 3.8) is 0 Å². The van der Waals surface area contributed by atoms with Gasteiger partial charge >= 0.3 is 0 Å². The number of rotatable bonds is 6. The first-order chi connectivity index (χ1) is 19.3. The van der Waals surface area contributed by atoms with Gasteiger partial charge in [-0.25, -0.2) is 0 Å². The third-order valence-corrected chi connectivity index (χ3v) is 7.68. The van der Waals surface area contributed by atoms with Gasteiger partial charge in [0.15, 0.2) is 0 Å². The largest absolute Gasteiger partial charge is 0.380 e. The van der Waals surface area contributed by atoms with Gasteiger partial charge in [0.05, 0.1) is 35.1 Å². The monoisotopic (exact) mass is 544 g/mol. The lowest BCUT2D eigenvalue weighted by atomic mass is 10.0. The molecular formula is C27H28N8O5. The van der Waals surface area contributed by atoms with Crippen LogP contribution in [0.25, 0.3) is 0 Å². The normalized spacial score (nSPS) is 19.7. The quantitative estimate of drug-likeness (QED) is 0.438. The van der Waals surface area contributed by atoms with E-state index in [-0.39, 0.29) is 35.9 Å². The third-order valence-electron chi connectivity index (χ3n) is 7.68. The first-order valence-corrected chi connectivity index (χ1v) is 13.2. The number of fused-ring (bicyclic) bond motifs is 1. The predicted octanol–water partition coefficient (Wildman–Crippen LogP) is 1.11. The Morgan fingerprint density at radius 1 is 1.02 bits per heavy atom. The number of nitrogens with zero attached hydrogens (tertiary/aromatic N) is 6. The molecular weight excluding hydrogens is 516 g/mol. The Bertz CT molecular complexity index is 1530. The van der Waals surface area contributed by atoms with Crippen molar-refractivity contribution in [1.82, 2.24) is 34.7 Å². The number of imide groups is 2. The summed E-state index contributed by atoms with van der Waals surface area (Å²) in [4.78, 5) is 65.7. The van der Waals surface area contributed by atoms with Gasteiger partial charge in [-0.2, -0.15) is 10.2 Å². The smallest absolute Gasteiger partial charge is 0.264 e. The summed E-state index contributed by atoms with van der Waals surface area (Å²) in [6, 6.07) is 4.12. The number of aromatic nitrogens is 4. The topological polar surface area (TPSA) is 152 Å². The number of carbonyl (C=O) groups is 5. The summed E-state index contributed by atoms with van der Waals surface area (Å²) in [6.45, 7) is 1.62. The lowest BCUT2D eigenvalue weighted by molar-refractivity contribution is -0.136. The van der Waals surface area contributed by atoms with Crippen molar-refractivity contribution in [2.75, 3.05) is 18.4 Å². The Balaban J connectivity index is 1.09. The summed E-state index contributed by atoms with van der Waals surface area (Å²) < 4.78 is 3.53. The van der Waals surface area contributed by atoms with Crippen LogP contribution in [0.4, 0.5) is 5.69 Å². The van der Waals surface area contributed by atoms with Crippen molar-refractivity contribution in [2.24, 2.45) is 7.05 Å². The number of hydrogen-bond acceptors (Lipinski definition) is 8. The van der Waals surface area contributed by atoms with E-state index in [4.69, 9.17) is 0 Å². The molecule has 2 fully saturated rings. The highest BCUT2D eigenvalue weighted by atomic mass is 16.2. The van der Waals surface area contributed by atoms with Crippen molar-refractivity contribution >= 4 is 35.2 Å². The highest BCUT2D eigenvalue weighted by Gasteiger charge is 2.45. The van der Waals surface area contributed by atoms with E-state index in [0.717, 1.165) is 23.3 Å². The summed E-state index contributed by atoms with van der Waals surface area (Å²) >= 11 is 0. The van der Waals surface area contributed by atoms with Gasteiger partial charge in [-0.05, 0) is 31.4 Å². The zero-order valence-corrected chi connectivity index (χ0v) is 21.9. The molecule has 2 saturated heterocycles. The van der Waals surface area contributed by atoms with Crippen LogP contribution in [0.2, 0.25) is 0 Å². The second-order valence-corrected chi connectivity index (χ2v) is 10.3. The molecule has 1 aromatic carbocycles. The van der Waals surface area contributed by atoms with Crippen molar-refractivity contribution in [1.29, 1.82) is 0 Å². The van der Waals surface area contributed by atoms with Gasteiger partial charge < -0.3 is 10.2 Å². The molecule has 13 heteroatoms. The van der Waals surface area contributed by atoms with Crippen LogP contribution in [-0.2, 0) is 23.2 Å². The molecule has 0 bridgehead atoms. The van der Waals surface area contributed by atoms with Crippen LogP contribution in [-0.4, -0.2) is 78.0 Å². The Hall–Kier alpha value is -4.81. The average Bonchev–Trinajstić information content (AvgIpc) is 3.67. The second-order valence-electron chi connectivity index (χ2n) is 10.3. The number of piperidine rings is 2. The molecule has 0 aliphatic carbocycles. The van der Waals surface area contributed by atoms with Crippen molar-refractivity contribution in [3.05, 3.63) is 65.2 Å². The summed E-state index contributed by atoms with van der Waals surface area (Å²) in [5.74, 6) is -2.17. The van der Waals surface area contributed by atoms with Crippen LogP contribution in [0, 0.1) is 0 Å². The molecule has 0 spiro atoms. The number of amides is 5. The van der Waals surface area contributed by atoms with Crippen LogP contribution in [0.3, 0.4) is 0 Å². The molecule has 3 aliphatic rings. The van der Waals surface area contributed by atoms with E-state index in [9.17, 15) is 24.0 Å². The van der Waals surface area contributed by atoms with E-state index < -0.39 is 29.7 Å². The molecule has 1 unspecified atom stereocenters.